The Balaban J connectivity index is 2.80. The molecule has 0 bridgehead atoms. The van der Waals surface area contributed by atoms with E-state index in [-0.39, 0.29) is 5.60 Å². The average molecular weight is 244 g/mol. The van der Waals surface area contributed by atoms with E-state index in [0.717, 1.165) is 0 Å². The molecule has 0 aliphatic rings. The van der Waals surface area contributed by atoms with E-state index in [9.17, 15) is 8.78 Å². The Morgan fingerprint density at radius 3 is 2.06 bits per heavy atom. The molecule has 0 saturated carbocycles. The van der Waals surface area contributed by atoms with Crippen LogP contribution in [0.4, 0.5) is 8.78 Å². The minimum Gasteiger partial charge on any atom is -0.488 e. The van der Waals surface area contributed by atoms with Gasteiger partial charge in [0.2, 0.25) is 6.43 Å². The van der Waals surface area contributed by atoms with Crippen LogP contribution >= 0.6 is 0 Å². The van der Waals surface area contributed by atoms with Crippen LogP contribution in [0, 0.1) is 0 Å². The minimum atomic E-state index is -2.56. The van der Waals surface area contributed by atoms with Crippen LogP contribution in [0.1, 0.15) is 32.3 Å². The summed E-state index contributed by atoms with van der Waals surface area (Å²) in [6.07, 6.45) is -2.56. The van der Waals surface area contributed by atoms with Crippen molar-refractivity contribution in [2.45, 2.75) is 38.7 Å². The van der Waals surface area contributed by atoms with Crippen LogP contribution in [0.25, 0.3) is 0 Å². The Morgan fingerprint density at radius 1 is 1.18 bits per heavy atom. The van der Waals surface area contributed by atoms with Crippen molar-refractivity contribution in [2.24, 2.45) is 0 Å². The van der Waals surface area contributed by atoms with Crippen LogP contribution in [0.15, 0.2) is 24.3 Å². The van der Waals surface area contributed by atoms with Crippen LogP contribution in [0.2, 0.25) is 0 Å². The van der Waals surface area contributed by atoms with Crippen molar-refractivity contribution in [3.63, 3.8) is 0 Å². The van der Waals surface area contributed by atoms with Crippen molar-refractivity contribution < 1.29 is 18.6 Å². The first-order valence-corrected chi connectivity index (χ1v) is 5.51. The molecule has 0 aliphatic heterocycles. The molecule has 0 unspecified atom stereocenters. The molecule has 1 aromatic rings. The zero-order valence-electron chi connectivity index (χ0n) is 10.3. The van der Waals surface area contributed by atoms with Crippen LogP contribution in [-0.2, 0) is 0 Å². The summed E-state index contributed by atoms with van der Waals surface area (Å²) in [7, 11) is 0. The second-order valence-corrected chi connectivity index (χ2v) is 4.91. The summed E-state index contributed by atoms with van der Waals surface area (Å²) in [5.41, 5.74) is 0.101. The lowest BCUT2D eigenvalue weighted by Crippen LogP contribution is -2.23. The summed E-state index contributed by atoms with van der Waals surface area (Å²) < 4.78 is 30.7. The van der Waals surface area contributed by atoms with Crippen molar-refractivity contribution in [2.75, 3.05) is 6.61 Å². The van der Waals surface area contributed by atoms with Crippen LogP contribution < -0.4 is 4.74 Å². The van der Waals surface area contributed by atoms with Crippen molar-refractivity contribution in [1.82, 2.24) is 0 Å². The summed E-state index contributed by atoms with van der Waals surface area (Å²) in [4.78, 5) is 0. The first-order valence-electron chi connectivity index (χ1n) is 5.51. The highest BCUT2D eigenvalue weighted by Crippen LogP contribution is 2.26. The molecule has 0 spiro atoms. The van der Waals surface area contributed by atoms with Gasteiger partial charge in [-0.25, -0.2) is 8.78 Å². The molecule has 4 heteroatoms. The SMILES string of the molecule is CC(C)(C)Oc1ccc([C@H](CO)C(F)F)cc1. The molecule has 0 heterocycles. The Bertz CT molecular complexity index is 341. The van der Waals surface area contributed by atoms with Gasteiger partial charge in [-0.3, -0.25) is 0 Å². The molecule has 0 fully saturated rings. The number of aliphatic hydroxyl groups is 1. The van der Waals surface area contributed by atoms with Gasteiger partial charge in [0, 0.05) is 0 Å². The van der Waals surface area contributed by atoms with E-state index >= 15 is 0 Å². The van der Waals surface area contributed by atoms with Gasteiger partial charge in [-0.2, -0.15) is 0 Å². The topological polar surface area (TPSA) is 29.5 Å². The summed E-state index contributed by atoms with van der Waals surface area (Å²) in [5, 5.41) is 8.89. The fourth-order valence-electron chi connectivity index (χ4n) is 1.47. The highest BCUT2D eigenvalue weighted by molar-refractivity contribution is 5.30. The van der Waals surface area contributed by atoms with Gasteiger partial charge in [-0.15, -0.1) is 0 Å². The van der Waals surface area contributed by atoms with Gasteiger partial charge in [0.05, 0.1) is 12.5 Å². The molecule has 0 aromatic heterocycles. The van der Waals surface area contributed by atoms with Gasteiger partial charge < -0.3 is 9.84 Å². The largest absolute Gasteiger partial charge is 0.488 e. The zero-order valence-corrected chi connectivity index (χ0v) is 10.3. The predicted molar refractivity (Wildman–Crippen MR) is 62.7 cm³/mol. The van der Waals surface area contributed by atoms with E-state index in [4.69, 9.17) is 9.84 Å². The number of hydrogen-bond acceptors (Lipinski definition) is 2. The second-order valence-electron chi connectivity index (χ2n) is 4.91. The molecule has 0 radical (unpaired) electrons. The smallest absolute Gasteiger partial charge is 0.247 e. The molecule has 1 aromatic carbocycles. The highest BCUT2D eigenvalue weighted by atomic mass is 19.3. The number of halogens is 2. The Morgan fingerprint density at radius 2 is 1.71 bits per heavy atom. The van der Waals surface area contributed by atoms with Gasteiger partial charge in [-0.1, -0.05) is 12.1 Å². The standard InChI is InChI=1S/C13H18F2O2/c1-13(2,3)17-10-6-4-9(5-7-10)11(8-16)12(14)15/h4-7,11-12,16H,8H2,1-3H3/t11-/m0/s1. The molecule has 1 atom stereocenters. The van der Waals surface area contributed by atoms with Crippen molar-refractivity contribution >= 4 is 0 Å². The first kappa shape index (κ1) is 13.9. The number of rotatable bonds is 4. The summed E-state index contributed by atoms with van der Waals surface area (Å²) in [5.74, 6) is -0.495. The minimum absolute atomic E-state index is 0.319. The molecule has 0 saturated heterocycles. The Hall–Kier alpha value is -1.16. The van der Waals surface area contributed by atoms with Crippen LogP contribution in [0.5, 0.6) is 5.75 Å². The van der Waals surface area contributed by atoms with Gasteiger partial charge in [-0.05, 0) is 38.5 Å². The van der Waals surface area contributed by atoms with E-state index in [1.54, 1.807) is 24.3 Å². The maximum absolute atomic E-state index is 12.6. The fraction of sp³-hybridized carbons (Fsp3) is 0.538. The lowest BCUT2D eigenvalue weighted by Gasteiger charge is -2.22. The van der Waals surface area contributed by atoms with Crippen LogP contribution in [-0.4, -0.2) is 23.7 Å². The fourth-order valence-corrected chi connectivity index (χ4v) is 1.47. The number of hydrogen-bond donors (Lipinski definition) is 1. The predicted octanol–water partition coefficient (Wildman–Crippen LogP) is 3.20. The maximum atomic E-state index is 12.6. The lowest BCUT2D eigenvalue weighted by atomic mass is 10.0. The molecule has 2 nitrogen and oxygen atoms in total. The summed E-state index contributed by atoms with van der Waals surface area (Å²) >= 11 is 0. The second kappa shape index (κ2) is 5.45. The highest BCUT2D eigenvalue weighted by Gasteiger charge is 2.21. The normalized spacial score (nSPS) is 13.8. The molecular weight excluding hydrogens is 226 g/mol. The van der Waals surface area contributed by atoms with Gasteiger partial charge in [0.1, 0.15) is 11.4 Å². The monoisotopic (exact) mass is 244 g/mol. The number of alkyl halides is 2. The number of ether oxygens (including phenoxy) is 1. The van der Waals surface area contributed by atoms with Gasteiger partial charge >= 0.3 is 0 Å². The van der Waals surface area contributed by atoms with Gasteiger partial charge in [0.15, 0.2) is 0 Å². The Labute approximate surface area is 100 Å². The van der Waals surface area contributed by atoms with E-state index in [0.29, 0.717) is 11.3 Å². The molecule has 0 aliphatic carbocycles. The van der Waals surface area contributed by atoms with E-state index in [1.807, 2.05) is 20.8 Å². The average Bonchev–Trinajstić information content (AvgIpc) is 2.18. The van der Waals surface area contributed by atoms with Crippen molar-refractivity contribution in [3.05, 3.63) is 29.8 Å². The Kier molecular flexibility index (Phi) is 4.46. The zero-order chi connectivity index (χ0) is 13.1. The number of aliphatic hydroxyl groups excluding tert-OH is 1. The van der Waals surface area contributed by atoms with Crippen LogP contribution in [0.3, 0.4) is 0 Å². The lowest BCUT2D eigenvalue weighted by molar-refractivity contribution is 0.0809. The molecule has 17 heavy (non-hydrogen) atoms. The molecule has 0 amide bonds. The van der Waals surface area contributed by atoms with E-state index < -0.39 is 19.0 Å². The number of benzene rings is 1. The van der Waals surface area contributed by atoms with Gasteiger partial charge in [0.25, 0.3) is 0 Å². The molecule has 1 N–H and O–H groups in total. The summed E-state index contributed by atoms with van der Waals surface area (Å²) in [6, 6.07) is 6.42. The maximum Gasteiger partial charge on any atom is 0.247 e. The summed E-state index contributed by atoms with van der Waals surface area (Å²) in [6.45, 7) is 5.18. The third-order valence-electron chi connectivity index (χ3n) is 2.23. The van der Waals surface area contributed by atoms with Crippen molar-refractivity contribution in [1.29, 1.82) is 0 Å². The molecule has 96 valence electrons. The molecule has 1 rings (SSSR count). The quantitative estimate of drug-likeness (QED) is 0.881. The third-order valence-corrected chi connectivity index (χ3v) is 2.23. The van der Waals surface area contributed by atoms with E-state index in [1.165, 1.54) is 0 Å². The molecular formula is C13H18F2O2. The third kappa shape index (κ3) is 4.30. The van der Waals surface area contributed by atoms with E-state index in [2.05, 4.69) is 0 Å². The first-order chi connectivity index (χ1) is 7.83. The van der Waals surface area contributed by atoms with Crippen molar-refractivity contribution in [3.8, 4) is 5.75 Å².